The van der Waals surface area contributed by atoms with Gasteiger partial charge in [-0.05, 0) is 116 Å². The predicted octanol–water partition coefficient (Wildman–Crippen LogP) is 0.354. The summed E-state index contributed by atoms with van der Waals surface area (Å²) in [7, 11) is 3.60. The van der Waals surface area contributed by atoms with Crippen LogP contribution in [0.4, 0.5) is 0 Å². The van der Waals surface area contributed by atoms with Gasteiger partial charge >= 0.3 is 0 Å². The lowest BCUT2D eigenvalue weighted by Crippen LogP contribution is -2.62. The molecule has 82 heavy (non-hydrogen) atoms. The maximum atomic E-state index is 14.7. The second kappa shape index (κ2) is 32.3. The molecule has 9 atom stereocenters. The third kappa shape index (κ3) is 20.8. The molecule has 442 valence electrons. The summed E-state index contributed by atoms with van der Waals surface area (Å²) in [4.78, 5) is 127. The molecule has 26 heteroatoms. The van der Waals surface area contributed by atoms with Gasteiger partial charge in [0, 0.05) is 60.9 Å². The first kappa shape index (κ1) is 65.4. The van der Waals surface area contributed by atoms with Gasteiger partial charge in [0.05, 0.1) is 12.1 Å². The van der Waals surface area contributed by atoms with Gasteiger partial charge in [0.2, 0.25) is 53.2 Å². The highest BCUT2D eigenvalue weighted by Crippen LogP contribution is 2.26. The summed E-state index contributed by atoms with van der Waals surface area (Å²) >= 11 is 6.08. The Bertz CT molecular complexity index is 2840. The quantitative estimate of drug-likeness (QED) is 0.0445. The Hall–Kier alpha value is -7.42. The number of unbranched alkanes of at least 4 members (excludes halogenated alkanes) is 1. The molecule has 1 aliphatic rings. The van der Waals surface area contributed by atoms with Crippen molar-refractivity contribution in [3.05, 3.63) is 130 Å². The van der Waals surface area contributed by atoms with Gasteiger partial charge in [-0.1, -0.05) is 81.7 Å². The van der Waals surface area contributed by atoms with Gasteiger partial charge < -0.3 is 75.1 Å². The number of amides is 9. The molecule has 0 aliphatic carbocycles. The fourth-order valence-corrected chi connectivity index (χ4v) is 11.3. The van der Waals surface area contributed by atoms with Crippen molar-refractivity contribution in [1.29, 1.82) is 0 Å². The first-order chi connectivity index (χ1) is 39.0. The summed E-state index contributed by atoms with van der Waals surface area (Å²) in [5.74, 6) is -7.42. The number of aromatic hydroxyl groups is 2. The van der Waals surface area contributed by atoms with Crippen LogP contribution in [-0.4, -0.2) is 153 Å². The number of rotatable bonds is 19. The number of hydrogen-bond donors (Lipinski definition) is 13. The number of carbonyl (C=O) groups excluding carboxylic acids is 9. The third-order valence-electron chi connectivity index (χ3n) is 13.5. The summed E-state index contributed by atoms with van der Waals surface area (Å²) in [6.45, 7) is 1.46. The van der Waals surface area contributed by atoms with Gasteiger partial charge in [-0.15, -0.1) is 0 Å². The lowest BCUT2D eigenvalue weighted by atomic mass is 10.00. The van der Waals surface area contributed by atoms with Crippen molar-refractivity contribution >= 4 is 86.4 Å². The van der Waals surface area contributed by atoms with Gasteiger partial charge in [-0.25, -0.2) is 0 Å². The third-order valence-corrected chi connectivity index (χ3v) is 16.1. The van der Waals surface area contributed by atoms with Crippen molar-refractivity contribution in [2.45, 2.75) is 119 Å². The van der Waals surface area contributed by atoms with Crippen LogP contribution < -0.4 is 54.8 Å². The number of halogens is 1. The van der Waals surface area contributed by atoms with Gasteiger partial charge in [0.1, 0.15) is 47.8 Å². The molecule has 4 aromatic rings. The average Bonchev–Trinajstić information content (AvgIpc) is 3.65. The monoisotopic (exact) mass is 1190 g/mol. The fourth-order valence-electron chi connectivity index (χ4n) is 8.71. The minimum atomic E-state index is -1.72. The number of phenols is 2. The van der Waals surface area contributed by atoms with E-state index in [0.29, 0.717) is 33.7 Å². The van der Waals surface area contributed by atoms with Crippen LogP contribution in [0, 0.1) is 0 Å². The van der Waals surface area contributed by atoms with Gasteiger partial charge in [-0.3, -0.25) is 43.2 Å². The molecule has 0 spiro atoms. The van der Waals surface area contributed by atoms with E-state index in [1.165, 1.54) is 97.6 Å². The van der Waals surface area contributed by atoms with Crippen LogP contribution in [0.5, 0.6) is 11.5 Å². The van der Waals surface area contributed by atoms with Crippen LogP contribution >= 0.6 is 33.2 Å². The second-order valence-corrected chi connectivity index (χ2v) is 23.0. The topological polar surface area (TPSA) is 394 Å². The minimum Gasteiger partial charge on any atom is -0.508 e. The van der Waals surface area contributed by atoms with E-state index in [2.05, 4.69) is 31.9 Å². The van der Waals surface area contributed by atoms with Gasteiger partial charge in [0.25, 0.3) is 0 Å². The number of carbonyl (C=O) groups is 9. The Balaban J connectivity index is 1.56. The number of likely N-dealkylation sites (N-methyl/N-ethyl adjacent to an activating group) is 1. The number of phenolic OH excluding ortho intramolecular Hbond substituents is 2. The first-order valence-corrected chi connectivity index (χ1v) is 29.3. The Kier molecular flexibility index (Phi) is 25.7. The Morgan fingerprint density at radius 2 is 1.24 bits per heavy atom. The van der Waals surface area contributed by atoms with Crippen molar-refractivity contribution in [2.75, 3.05) is 25.1 Å². The molecule has 1 fully saturated rings. The Labute approximate surface area is 487 Å². The average molecular weight is 1190 g/mol. The highest BCUT2D eigenvalue weighted by molar-refractivity contribution is 8.76. The Morgan fingerprint density at radius 1 is 0.720 bits per heavy atom. The molecule has 9 amide bonds. The highest BCUT2D eigenvalue weighted by Gasteiger charge is 2.38. The van der Waals surface area contributed by atoms with E-state index < -0.39 is 114 Å². The smallest absolute Gasteiger partial charge is 0.248 e. The predicted molar refractivity (Wildman–Crippen MR) is 311 cm³/mol. The van der Waals surface area contributed by atoms with Crippen LogP contribution in [0.3, 0.4) is 0 Å². The second-order valence-electron chi connectivity index (χ2n) is 19.9. The van der Waals surface area contributed by atoms with Crippen molar-refractivity contribution in [3.63, 3.8) is 0 Å². The molecule has 0 bridgehead atoms. The normalized spacial score (nSPS) is 21.1. The molecule has 1 heterocycles. The van der Waals surface area contributed by atoms with Crippen LogP contribution in [0.25, 0.3) is 0 Å². The van der Waals surface area contributed by atoms with Crippen LogP contribution in [-0.2, 0) is 64.0 Å². The zero-order valence-corrected chi connectivity index (χ0v) is 47.8. The maximum absolute atomic E-state index is 14.7. The molecule has 23 nitrogen and oxygen atoms in total. The van der Waals surface area contributed by atoms with E-state index in [4.69, 9.17) is 34.5 Å². The zero-order chi connectivity index (χ0) is 60.0. The number of nitrogens with one attached hydrogen (secondary N) is 6. The lowest BCUT2D eigenvalue weighted by Gasteiger charge is -2.33. The van der Waals surface area contributed by atoms with Gasteiger partial charge in [-0.2, -0.15) is 0 Å². The van der Waals surface area contributed by atoms with Crippen LogP contribution in [0.2, 0.25) is 5.02 Å². The van der Waals surface area contributed by atoms with Crippen LogP contribution in [0.15, 0.2) is 97.1 Å². The summed E-state index contributed by atoms with van der Waals surface area (Å²) in [5, 5.41) is 47.8. The van der Waals surface area contributed by atoms with Crippen LogP contribution in [0.1, 0.15) is 71.6 Å². The molecule has 0 saturated carbocycles. The largest absolute Gasteiger partial charge is 0.508 e. The standard InChI is InChI=1S/C56H72ClN11O12S2/c1-31(69)48-56(80)68(2)46(55(79)65-43(50(61)74)26-34-10-18-39(70)19-11-34)30-82-81-24-22-38(62-51(75)41(59)25-32-8-16-37(57)17-9-32)29-47(72)63-44(27-35-12-20-40(71)21-13-35)53(77)66-45(28-33-6-14-36(15-7-33)49(60)73)54(78)64-42(52(76)67-48)5-3-4-23-58/h6-21,31,38,41-46,48,69-71H,3-5,22-30,58-59H2,1-2H3,(H2,60,73)(H2,61,74)(H,62,75)(H,63,72)(H,64,78)(H,65,79)(H,66,77)(H,67,76)/t31-,38?,41+,42+,43-,44+,45-,46+,48+/m1/s1. The number of aliphatic hydroxyl groups is 1. The van der Waals surface area contributed by atoms with Crippen molar-refractivity contribution in [3.8, 4) is 11.5 Å². The molecule has 0 radical (unpaired) electrons. The minimum absolute atomic E-state index is 0.0372. The van der Waals surface area contributed by atoms with Gasteiger partial charge in [0.15, 0.2) is 0 Å². The SMILES string of the molecule is C[C@@H](O)[C@@H]1NC(=O)[C@H](CCCCN)NC(=O)[C@@H](Cc2ccc(C(N)=O)cc2)NC(=O)[C@H](Cc2ccc(O)cc2)NC(=O)CC(NC(=O)[C@@H](N)Cc2ccc(Cl)cc2)CCSSC[C@@H](C(=O)N[C@H](Cc2ccc(O)cc2)C(N)=O)N(C)C1=O. The Morgan fingerprint density at radius 3 is 1.80 bits per heavy atom. The van der Waals surface area contributed by atoms with E-state index in [1.54, 1.807) is 24.3 Å². The molecule has 4 aromatic carbocycles. The number of hydrogen-bond acceptors (Lipinski definition) is 16. The molecular weight excluding hydrogens is 1120 g/mol. The molecule has 1 unspecified atom stereocenters. The van der Waals surface area contributed by atoms with E-state index in [1.807, 2.05) is 0 Å². The van der Waals surface area contributed by atoms with E-state index in [0.717, 1.165) is 15.7 Å². The van der Waals surface area contributed by atoms with E-state index in [9.17, 15) is 58.5 Å². The molecule has 5 rings (SSSR count). The highest BCUT2D eigenvalue weighted by atomic mass is 35.5. The summed E-state index contributed by atoms with van der Waals surface area (Å²) in [6, 6.07) is 13.6. The number of aliphatic hydroxyl groups excluding tert-OH is 1. The van der Waals surface area contributed by atoms with Crippen molar-refractivity contribution in [2.24, 2.45) is 22.9 Å². The van der Waals surface area contributed by atoms with E-state index in [-0.39, 0.29) is 80.1 Å². The molecule has 17 N–H and O–H groups in total. The number of primary amides is 2. The molecule has 1 aliphatic heterocycles. The molecule has 1 saturated heterocycles. The first-order valence-electron chi connectivity index (χ1n) is 26.5. The lowest BCUT2D eigenvalue weighted by molar-refractivity contribution is -0.144. The van der Waals surface area contributed by atoms with E-state index >= 15 is 0 Å². The molecular formula is C56H72ClN11O12S2. The maximum Gasteiger partial charge on any atom is 0.248 e. The number of benzene rings is 4. The summed E-state index contributed by atoms with van der Waals surface area (Å²) < 4.78 is 0. The number of nitrogens with two attached hydrogens (primary N) is 4. The fraction of sp³-hybridized carbons (Fsp3) is 0.411. The van der Waals surface area contributed by atoms with Crippen molar-refractivity contribution in [1.82, 2.24) is 36.8 Å². The summed E-state index contributed by atoms with van der Waals surface area (Å²) in [5.41, 5.74) is 25.8. The molecule has 0 aromatic heterocycles. The number of nitrogens with zero attached hydrogens (tertiary/aromatic N) is 1. The van der Waals surface area contributed by atoms with Crippen molar-refractivity contribution < 1.29 is 58.5 Å². The zero-order valence-electron chi connectivity index (χ0n) is 45.4. The summed E-state index contributed by atoms with van der Waals surface area (Å²) in [6.07, 6.45) is -1.60.